The fourth-order valence-corrected chi connectivity index (χ4v) is 2.41. The molecular weight excluding hydrogens is 216 g/mol. The zero-order chi connectivity index (χ0) is 13.1. The van der Waals surface area contributed by atoms with Crippen LogP contribution in [0.3, 0.4) is 0 Å². The van der Waals surface area contributed by atoms with Crippen LogP contribution >= 0.6 is 0 Å². The zero-order valence-electron chi connectivity index (χ0n) is 11.9. The van der Waals surface area contributed by atoms with Gasteiger partial charge in [0, 0.05) is 0 Å². The summed E-state index contributed by atoms with van der Waals surface area (Å²) in [5, 5.41) is 0. The number of aryl methyl sites for hydroxylation is 4. The van der Waals surface area contributed by atoms with E-state index in [1.165, 1.54) is 33.4 Å². The predicted molar refractivity (Wildman–Crippen MR) is 79.3 cm³/mol. The van der Waals surface area contributed by atoms with Crippen molar-refractivity contribution in [3.8, 4) is 0 Å². The molecule has 0 unspecified atom stereocenters. The molecule has 18 heavy (non-hydrogen) atoms. The maximum atomic E-state index is 2.33. The fraction of sp³-hybridized carbons (Fsp3) is 0.333. The third kappa shape index (κ3) is 2.81. The molecule has 0 fully saturated rings. The van der Waals surface area contributed by atoms with Gasteiger partial charge in [-0.1, -0.05) is 43.3 Å². The summed E-state index contributed by atoms with van der Waals surface area (Å²) >= 11 is 0. The Bertz CT molecular complexity index is 550. The Morgan fingerprint density at radius 3 is 1.89 bits per heavy atom. The lowest BCUT2D eigenvalue weighted by Gasteiger charge is -2.08. The summed E-state index contributed by atoms with van der Waals surface area (Å²) in [6.45, 7) is 8.78. The summed E-state index contributed by atoms with van der Waals surface area (Å²) in [6.07, 6.45) is 2.15. The Labute approximate surface area is 111 Å². The molecule has 0 aliphatic carbocycles. The van der Waals surface area contributed by atoms with Gasteiger partial charge < -0.3 is 0 Å². The normalized spacial score (nSPS) is 10.7. The van der Waals surface area contributed by atoms with Crippen LogP contribution in [0.1, 0.15) is 40.3 Å². The van der Waals surface area contributed by atoms with Crippen molar-refractivity contribution in [1.29, 1.82) is 0 Å². The zero-order valence-corrected chi connectivity index (χ0v) is 11.9. The molecule has 2 aromatic rings. The molecule has 0 saturated heterocycles. The van der Waals surface area contributed by atoms with Crippen molar-refractivity contribution < 1.29 is 0 Å². The molecule has 0 radical (unpaired) electrons. The first-order valence-electron chi connectivity index (χ1n) is 6.74. The molecule has 0 saturated carbocycles. The molecule has 0 heteroatoms. The molecule has 0 aromatic heterocycles. The van der Waals surface area contributed by atoms with Gasteiger partial charge in [-0.25, -0.2) is 0 Å². The van der Waals surface area contributed by atoms with Gasteiger partial charge in [0.25, 0.3) is 0 Å². The van der Waals surface area contributed by atoms with Crippen molar-refractivity contribution in [3.05, 3.63) is 69.8 Å². The van der Waals surface area contributed by atoms with Crippen molar-refractivity contribution in [2.24, 2.45) is 0 Å². The van der Waals surface area contributed by atoms with Gasteiger partial charge in [0.2, 0.25) is 0 Å². The second-order valence-electron chi connectivity index (χ2n) is 5.21. The molecule has 94 valence electrons. The van der Waals surface area contributed by atoms with Gasteiger partial charge in [-0.05, 0) is 67.0 Å². The van der Waals surface area contributed by atoms with E-state index < -0.39 is 0 Å². The van der Waals surface area contributed by atoms with Gasteiger partial charge >= 0.3 is 0 Å². The van der Waals surface area contributed by atoms with E-state index in [2.05, 4.69) is 64.1 Å². The van der Waals surface area contributed by atoms with Crippen LogP contribution in [0.5, 0.6) is 0 Å². The average molecular weight is 238 g/mol. The number of hydrogen-bond donors (Lipinski definition) is 0. The van der Waals surface area contributed by atoms with Crippen LogP contribution in [-0.4, -0.2) is 0 Å². The maximum Gasteiger partial charge on any atom is -0.00256 e. The lowest BCUT2D eigenvalue weighted by Crippen LogP contribution is -1.93. The lowest BCUT2D eigenvalue weighted by molar-refractivity contribution is 1.09. The van der Waals surface area contributed by atoms with Crippen LogP contribution in [0.15, 0.2) is 36.4 Å². The Hall–Kier alpha value is -1.56. The highest BCUT2D eigenvalue weighted by Crippen LogP contribution is 2.17. The quantitative estimate of drug-likeness (QED) is 0.723. The molecule has 2 aromatic carbocycles. The van der Waals surface area contributed by atoms with E-state index in [9.17, 15) is 0 Å². The first-order chi connectivity index (χ1) is 8.60. The Kier molecular flexibility index (Phi) is 3.86. The summed E-state index contributed by atoms with van der Waals surface area (Å²) in [5.74, 6) is 0. The van der Waals surface area contributed by atoms with E-state index in [1.54, 1.807) is 0 Å². The van der Waals surface area contributed by atoms with Crippen LogP contribution in [0.25, 0.3) is 0 Å². The molecule has 0 bridgehead atoms. The molecule has 2 rings (SSSR count). The Morgan fingerprint density at radius 2 is 1.33 bits per heavy atom. The summed E-state index contributed by atoms with van der Waals surface area (Å²) in [6, 6.07) is 13.6. The molecule has 0 spiro atoms. The van der Waals surface area contributed by atoms with Gasteiger partial charge in [0.05, 0.1) is 0 Å². The van der Waals surface area contributed by atoms with E-state index in [1.807, 2.05) is 0 Å². The number of hydrogen-bond acceptors (Lipinski definition) is 0. The van der Waals surface area contributed by atoms with E-state index in [0.29, 0.717) is 0 Å². The standard InChI is InChI=1S/C18H22/c1-5-18-9-8-17(11-15(18)4)12-16-7-6-13(2)14(3)10-16/h6-11H,5,12H2,1-4H3. The second-order valence-corrected chi connectivity index (χ2v) is 5.21. The van der Waals surface area contributed by atoms with E-state index in [-0.39, 0.29) is 0 Å². The summed E-state index contributed by atoms with van der Waals surface area (Å²) in [4.78, 5) is 0. The minimum Gasteiger partial charge on any atom is -0.0613 e. The van der Waals surface area contributed by atoms with Crippen molar-refractivity contribution >= 4 is 0 Å². The van der Waals surface area contributed by atoms with Crippen LogP contribution in [0.2, 0.25) is 0 Å². The maximum absolute atomic E-state index is 2.33. The number of rotatable bonds is 3. The van der Waals surface area contributed by atoms with E-state index in [4.69, 9.17) is 0 Å². The monoisotopic (exact) mass is 238 g/mol. The third-order valence-electron chi connectivity index (χ3n) is 3.77. The minimum absolute atomic E-state index is 1.03. The highest BCUT2D eigenvalue weighted by molar-refractivity contribution is 5.36. The molecule has 0 aliphatic heterocycles. The molecule has 0 atom stereocenters. The van der Waals surface area contributed by atoms with Crippen LogP contribution in [-0.2, 0) is 12.8 Å². The summed E-state index contributed by atoms with van der Waals surface area (Å²) < 4.78 is 0. The van der Waals surface area contributed by atoms with Crippen molar-refractivity contribution in [2.45, 2.75) is 40.5 Å². The lowest BCUT2D eigenvalue weighted by atomic mass is 9.97. The SMILES string of the molecule is CCc1ccc(Cc2ccc(C)c(C)c2)cc1C. The van der Waals surface area contributed by atoms with E-state index >= 15 is 0 Å². The topological polar surface area (TPSA) is 0 Å². The Balaban J connectivity index is 2.23. The first kappa shape index (κ1) is 12.9. The third-order valence-corrected chi connectivity index (χ3v) is 3.77. The fourth-order valence-electron chi connectivity index (χ4n) is 2.41. The molecule has 0 nitrogen and oxygen atoms in total. The van der Waals surface area contributed by atoms with Gasteiger partial charge in [-0.2, -0.15) is 0 Å². The van der Waals surface area contributed by atoms with Crippen molar-refractivity contribution in [3.63, 3.8) is 0 Å². The smallest absolute Gasteiger partial charge is 0.00256 e. The molecular formula is C18H22. The molecule has 0 heterocycles. The molecule has 0 aliphatic rings. The summed E-state index contributed by atoms with van der Waals surface area (Å²) in [7, 11) is 0. The van der Waals surface area contributed by atoms with Crippen molar-refractivity contribution in [2.75, 3.05) is 0 Å². The number of benzene rings is 2. The van der Waals surface area contributed by atoms with Gasteiger partial charge in [-0.3, -0.25) is 0 Å². The molecule has 0 N–H and O–H groups in total. The van der Waals surface area contributed by atoms with Gasteiger partial charge in [-0.15, -0.1) is 0 Å². The highest BCUT2D eigenvalue weighted by atomic mass is 14.1. The van der Waals surface area contributed by atoms with Gasteiger partial charge in [0.15, 0.2) is 0 Å². The van der Waals surface area contributed by atoms with Crippen molar-refractivity contribution in [1.82, 2.24) is 0 Å². The highest BCUT2D eigenvalue weighted by Gasteiger charge is 2.01. The minimum atomic E-state index is 1.03. The largest absolute Gasteiger partial charge is 0.0613 e. The first-order valence-corrected chi connectivity index (χ1v) is 6.74. The Morgan fingerprint density at radius 1 is 0.722 bits per heavy atom. The van der Waals surface area contributed by atoms with Gasteiger partial charge in [0.1, 0.15) is 0 Å². The average Bonchev–Trinajstić information content (AvgIpc) is 2.34. The predicted octanol–water partition coefficient (Wildman–Crippen LogP) is 4.77. The van der Waals surface area contributed by atoms with Crippen LogP contribution < -0.4 is 0 Å². The van der Waals surface area contributed by atoms with Crippen LogP contribution in [0.4, 0.5) is 0 Å². The van der Waals surface area contributed by atoms with E-state index in [0.717, 1.165) is 12.8 Å². The van der Waals surface area contributed by atoms with Crippen LogP contribution in [0, 0.1) is 20.8 Å². The molecule has 0 amide bonds. The summed E-state index contributed by atoms with van der Waals surface area (Å²) in [5.41, 5.74) is 8.44. The second kappa shape index (κ2) is 5.39.